The maximum absolute atomic E-state index is 0. The van der Waals surface area contributed by atoms with Crippen LogP contribution >= 0.6 is 0 Å². The summed E-state index contributed by atoms with van der Waals surface area (Å²) in [6, 6.07) is 0. The minimum Gasteiger partial charge on any atom is -2.00 e. The topological polar surface area (TPSA) is 322 Å². The van der Waals surface area contributed by atoms with Crippen molar-refractivity contribution in [2.24, 2.45) is 0 Å². The van der Waals surface area contributed by atoms with Gasteiger partial charge in [-0.15, -0.1) is 0 Å². The molecular weight excluding hydrogens is 785 g/mol. The third kappa shape index (κ3) is 381. The number of hydrogen-bond donors (Lipinski definition) is 0. The standard InChI is InChI=1S/2Bi.6H2O.5O.4Ti/h;;6*1H2;;;;;;;;;/q2*+2;;;;;;;5*-2;;;;/p-6. The molecule has 0 aromatic carbocycles. The smallest absolute Gasteiger partial charge is 2.00 e. The molecule has 0 aromatic rings. The quantitative estimate of drug-likeness (QED) is 0.240. The Morgan fingerprint density at radius 2 is 0.235 bits per heavy atom. The average Bonchev–Trinajstić information content (AvgIpc) is 0. The van der Waals surface area contributed by atoms with Gasteiger partial charge in [0.2, 0.25) is 0 Å². The molecule has 0 fully saturated rings. The summed E-state index contributed by atoms with van der Waals surface area (Å²) in [7, 11) is 0. The van der Waals surface area contributed by atoms with Gasteiger partial charge in [0.25, 0.3) is 0 Å². The zero-order valence-electron chi connectivity index (χ0n) is 7.62. The molecule has 11 nitrogen and oxygen atoms in total. The summed E-state index contributed by atoms with van der Waals surface area (Å²) in [6.45, 7) is 0. The first-order valence-corrected chi connectivity index (χ1v) is 0. The molecule has 110 valence electrons. The van der Waals surface area contributed by atoms with Crippen molar-refractivity contribution in [2.75, 3.05) is 0 Å². The molecule has 0 saturated heterocycles. The monoisotopic (exact) mass is 792 g/mol. The summed E-state index contributed by atoms with van der Waals surface area (Å²) in [5.74, 6) is 0. The molecule has 0 unspecified atom stereocenters. The van der Waals surface area contributed by atoms with Gasteiger partial charge in [-0.25, -0.2) is 0 Å². The zero-order chi connectivity index (χ0) is 0. The molecule has 0 aliphatic carbocycles. The fourth-order valence-corrected chi connectivity index (χ4v) is 0. The average molecular weight is 791 g/mol. The SMILES string of the molecule is [Bi+2].[Bi+2].[O-2].[O-2].[O-2].[O-2].[O-2].[OH-].[OH-].[OH-].[OH-].[OH-].[OH-].[Ti].[Ti].[Ti].[Ti]. The molecule has 0 atom stereocenters. The summed E-state index contributed by atoms with van der Waals surface area (Å²) in [4.78, 5) is 0. The molecule has 17 heavy (non-hydrogen) atoms. The molecule has 0 aliphatic rings. The van der Waals surface area contributed by atoms with Crippen molar-refractivity contribution in [1.82, 2.24) is 0 Å². The van der Waals surface area contributed by atoms with E-state index >= 15 is 0 Å². The van der Waals surface area contributed by atoms with E-state index in [9.17, 15) is 0 Å². The van der Waals surface area contributed by atoms with Crippen LogP contribution in [-0.2, 0) is 114 Å². The Hall–Kier alpha value is 4.18. The fourth-order valence-electron chi connectivity index (χ4n) is 0. The van der Waals surface area contributed by atoms with E-state index in [0.29, 0.717) is 0 Å². The molecule has 0 saturated carbocycles. The predicted octanol–water partition coefficient (Wildman–Crippen LogP) is -2.43. The van der Waals surface area contributed by atoms with Crippen LogP contribution < -0.4 is 0 Å². The second kappa shape index (κ2) is 424. The van der Waals surface area contributed by atoms with Gasteiger partial charge in [-0.2, -0.15) is 0 Å². The van der Waals surface area contributed by atoms with Gasteiger partial charge in [-0.3, -0.25) is 0 Å². The van der Waals surface area contributed by atoms with Crippen LogP contribution in [0.1, 0.15) is 0 Å². The van der Waals surface area contributed by atoms with Gasteiger partial charge in [0.1, 0.15) is 0 Å². The number of hydrogen-bond acceptors (Lipinski definition) is 6. The second-order valence-electron chi connectivity index (χ2n) is 0. The van der Waals surface area contributed by atoms with E-state index in [1.54, 1.807) is 0 Å². The van der Waals surface area contributed by atoms with Crippen molar-refractivity contribution in [3.8, 4) is 0 Å². The molecular formula is H6Bi2O11Ti4-12. The molecule has 0 bridgehead atoms. The maximum Gasteiger partial charge on any atom is 2.00 e. The van der Waals surface area contributed by atoms with Crippen LogP contribution in [0.25, 0.3) is 0 Å². The van der Waals surface area contributed by atoms with Crippen molar-refractivity contribution in [3.05, 3.63) is 0 Å². The van der Waals surface area contributed by atoms with E-state index in [1.165, 1.54) is 0 Å². The van der Waals surface area contributed by atoms with Crippen molar-refractivity contribution in [1.29, 1.82) is 0 Å². The zero-order valence-corrected chi connectivity index (χ0v) is 20.8. The molecule has 0 aromatic heterocycles. The first-order chi connectivity index (χ1) is 0. The molecule has 0 rings (SSSR count). The van der Waals surface area contributed by atoms with Crippen LogP contribution in [0.2, 0.25) is 0 Å². The third-order valence-electron chi connectivity index (χ3n) is 0. The van der Waals surface area contributed by atoms with Gasteiger partial charge < -0.3 is 60.2 Å². The van der Waals surface area contributed by atoms with Crippen LogP contribution in [0, 0.1) is 0 Å². The summed E-state index contributed by atoms with van der Waals surface area (Å²) in [6.07, 6.45) is 0. The second-order valence-corrected chi connectivity index (χ2v) is 0. The van der Waals surface area contributed by atoms with E-state index in [-0.39, 0.29) is 200 Å². The van der Waals surface area contributed by atoms with Gasteiger partial charge in [0.05, 0.1) is 0 Å². The summed E-state index contributed by atoms with van der Waals surface area (Å²) in [5, 5.41) is 0. The Labute approximate surface area is 196 Å². The fraction of sp³-hybridized carbons (Fsp3) is 0. The van der Waals surface area contributed by atoms with Crippen LogP contribution in [0.15, 0.2) is 0 Å². The first-order valence-electron chi connectivity index (χ1n) is 0. The van der Waals surface area contributed by atoms with Crippen LogP contribution in [0.3, 0.4) is 0 Å². The van der Waals surface area contributed by atoms with Gasteiger partial charge >= 0.3 is 52.4 Å². The molecule has 6 radical (unpaired) electrons. The van der Waals surface area contributed by atoms with Gasteiger partial charge in [0.15, 0.2) is 0 Å². The van der Waals surface area contributed by atoms with Crippen LogP contribution in [0.4, 0.5) is 0 Å². The van der Waals surface area contributed by atoms with Crippen molar-refractivity contribution >= 4 is 52.4 Å². The summed E-state index contributed by atoms with van der Waals surface area (Å²) >= 11 is 0. The normalized spacial score (nSPS) is 0. The Kier molecular flexibility index (Phi) is 12300. The van der Waals surface area contributed by atoms with Crippen LogP contribution in [0.5, 0.6) is 0 Å². The van der Waals surface area contributed by atoms with Gasteiger partial charge in [0, 0.05) is 86.9 Å². The molecule has 6 N–H and O–H groups in total. The van der Waals surface area contributed by atoms with E-state index in [0.717, 1.165) is 0 Å². The van der Waals surface area contributed by atoms with E-state index in [2.05, 4.69) is 0 Å². The minimum atomic E-state index is 0. The first kappa shape index (κ1) is 493. The van der Waals surface area contributed by atoms with Crippen molar-refractivity contribution in [2.45, 2.75) is 0 Å². The maximum atomic E-state index is 0. The Balaban J connectivity index is 0. The largest absolute Gasteiger partial charge is 2.00 e. The van der Waals surface area contributed by atoms with Crippen molar-refractivity contribution in [3.63, 3.8) is 0 Å². The Morgan fingerprint density at radius 1 is 0.235 bits per heavy atom. The van der Waals surface area contributed by atoms with E-state index < -0.39 is 0 Å². The van der Waals surface area contributed by atoms with Gasteiger partial charge in [-0.05, 0) is 0 Å². The van der Waals surface area contributed by atoms with Crippen molar-refractivity contribution < 1.29 is 147 Å². The van der Waals surface area contributed by atoms with Crippen LogP contribution in [-0.4, -0.2) is 85.3 Å². The Morgan fingerprint density at radius 3 is 0.235 bits per heavy atom. The van der Waals surface area contributed by atoms with Gasteiger partial charge in [-0.1, -0.05) is 0 Å². The Bertz CT molecular complexity index is 21.4. The predicted molar refractivity (Wildman–Crippen MR) is 26.6 cm³/mol. The van der Waals surface area contributed by atoms with E-state index in [1.807, 2.05) is 0 Å². The van der Waals surface area contributed by atoms with E-state index in [4.69, 9.17) is 0 Å². The molecule has 17 heteroatoms. The molecule has 0 heterocycles. The third-order valence-corrected chi connectivity index (χ3v) is 0. The molecule has 0 spiro atoms. The summed E-state index contributed by atoms with van der Waals surface area (Å²) in [5.41, 5.74) is 0. The molecule has 0 aliphatic heterocycles. The summed E-state index contributed by atoms with van der Waals surface area (Å²) < 4.78 is 0. The molecule has 0 amide bonds. The number of rotatable bonds is 0. The minimum absolute atomic E-state index is 0.